The van der Waals surface area contributed by atoms with Crippen LogP contribution in [0.15, 0.2) is 10.5 Å². The van der Waals surface area contributed by atoms with Gasteiger partial charge in [-0.3, -0.25) is 0 Å². The van der Waals surface area contributed by atoms with E-state index in [1.165, 1.54) is 0 Å². The molecule has 0 fully saturated rings. The second-order valence-corrected chi connectivity index (χ2v) is 3.38. The molecule has 1 aromatic carbocycles. The van der Waals surface area contributed by atoms with Crippen molar-refractivity contribution in [2.45, 2.75) is 6.61 Å². The van der Waals surface area contributed by atoms with E-state index < -0.39 is 0 Å². The van der Waals surface area contributed by atoms with Gasteiger partial charge in [-0.1, -0.05) is 0 Å². The van der Waals surface area contributed by atoms with Crippen LogP contribution >= 0.6 is 15.9 Å². The molecular formula is C8H7BrO4. The fraction of sp³-hybridized carbons (Fsp3) is 0.250. The van der Waals surface area contributed by atoms with Crippen molar-refractivity contribution in [1.29, 1.82) is 0 Å². The molecule has 0 aromatic heterocycles. The fourth-order valence-corrected chi connectivity index (χ4v) is 1.73. The second-order valence-electron chi connectivity index (χ2n) is 2.59. The van der Waals surface area contributed by atoms with Crippen molar-refractivity contribution < 1.29 is 19.7 Å². The van der Waals surface area contributed by atoms with Crippen LogP contribution in [-0.2, 0) is 6.61 Å². The van der Waals surface area contributed by atoms with Gasteiger partial charge in [0.1, 0.15) is 10.2 Å². The molecule has 1 aliphatic rings. The molecule has 1 aromatic rings. The lowest BCUT2D eigenvalue weighted by atomic mass is 10.2. The number of phenols is 1. The molecule has 0 spiro atoms. The molecule has 0 amide bonds. The molecule has 2 N–H and O–H groups in total. The van der Waals surface area contributed by atoms with Gasteiger partial charge in [-0.05, 0) is 22.0 Å². The molecule has 0 bridgehead atoms. The van der Waals surface area contributed by atoms with Crippen molar-refractivity contribution in [2.24, 2.45) is 0 Å². The number of hydrogen-bond acceptors (Lipinski definition) is 4. The van der Waals surface area contributed by atoms with Gasteiger partial charge in [-0.2, -0.15) is 0 Å². The molecule has 1 heterocycles. The zero-order valence-corrected chi connectivity index (χ0v) is 8.17. The SMILES string of the molecule is OCc1cc2c(c(Br)c1O)OCO2. The van der Waals surface area contributed by atoms with E-state index in [2.05, 4.69) is 15.9 Å². The third-order valence-corrected chi connectivity index (χ3v) is 2.56. The van der Waals surface area contributed by atoms with Gasteiger partial charge in [0, 0.05) is 5.56 Å². The number of fused-ring (bicyclic) bond motifs is 1. The van der Waals surface area contributed by atoms with Crippen molar-refractivity contribution in [3.05, 3.63) is 16.1 Å². The highest BCUT2D eigenvalue weighted by atomic mass is 79.9. The Kier molecular flexibility index (Phi) is 2.05. The van der Waals surface area contributed by atoms with Crippen molar-refractivity contribution >= 4 is 15.9 Å². The molecule has 2 rings (SSSR count). The van der Waals surface area contributed by atoms with Crippen LogP contribution < -0.4 is 9.47 Å². The third-order valence-electron chi connectivity index (χ3n) is 1.83. The van der Waals surface area contributed by atoms with Crippen LogP contribution in [0, 0.1) is 0 Å². The third kappa shape index (κ3) is 1.24. The minimum absolute atomic E-state index is 0.00764. The van der Waals surface area contributed by atoms with E-state index in [9.17, 15) is 5.11 Å². The minimum atomic E-state index is -0.235. The van der Waals surface area contributed by atoms with Crippen LogP contribution in [0.4, 0.5) is 0 Å². The largest absolute Gasteiger partial charge is 0.506 e. The standard InChI is InChI=1S/C8H7BrO4/c9-6-7(11)4(2-10)1-5-8(6)13-3-12-5/h1,10-11H,2-3H2. The number of hydrogen-bond donors (Lipinski definition) is 2. The summed E-state index contributed by atoms with van der Waals surface area (Å²) in [6.45, 7) is -0.0939. The van der Waals surface area contributed by atoms with Crippen LogP contribution in [0.5, 0.6) is 17.2 Å². The Balaban J connectivity index is 2.61. The molecule has 5 heteroatoms. The summed E-state index contributed by atoms with van der Waals surface area (Å²) in [4.78, 5) is 0. The summed E-state index contributed by atoms with van der Waals surface area (Å²) in [7, 11) is 0. The summed E-state index contributed by atoms with van der Waals surface area (Å²) in [6.07, 6.45) is 0. The number of ether oxygens (including phenoxy) is 2. The maximum Gasteiger partial charge on any atom is 0.231 e. The predicted octanol–water partition coefficient (Wildman–Crippen LogP) is 1.38. The molecular weight excluding hydrogens is 240 g/mol. The molecule has 0 aliphatic carbocycles. The first-order valence-electron chi connectivity index (χ1n) is 3.65. The topological polar surface area (TPSA) is 58.9 Å². The number of aliphatic hydroxyl groups excluding tert-OH is 1. The van der Waals surface area contributed by atoms with Crippen LogP contribution in [0.3, 0.4) is 0 Å². The van der Waals surface area contributed by atoms with E-state index in [1.807, 2.05) is 0 Å². The van der Waals surface area contributed by atoms with E-state index in [1.54, 1.807) is 6.07 Å². The minimum Gasteiger partial charge on any atom is -0.506 e. The number of rotatable bonds is 1. The smallest absolute Gasteiger partial charge is 0.231 e. The quantitative estimate of drug-likeness (QED) is 0.786. The average Bonchev–Trinajstić information content (AvgIpc) is 2.59. The summed E-state index contributed by atoms with van der Waals surface area (Å²) >= 11 is 3.16. The van der Waals surface area contributed by atoms with E-state index in [0.717, 1.165) is 0 Å². The number of benzene rings is 1. The Labute approximate surface area is 82.8 Å². The summed E-state index contributed by atoms with van der Waals surface area (Å²) in [5.41, 5.74) is 0.413. The van der Waals surface area contributed by atoms with Crippen LogP contribution in [0.2, 0.25) is 0 Å². The molecule has 0 saturated heterocycles. The highest BCUT2D eigenvalue weighted by Crippen LogP contribution is 2.45. The molecule has 0 unspecified atom stereocenters. The summed E-state index contributed by atoms with van der Waals surface area (Å²) < 4.78 is 10.6. The average molecular weight is 247 g/mol. The van der Waals surface area contributed by atoms with Crippen molar-refractivity contribution in [3.8, 4) is 17.2 Å². The van der Waals surface area contributed by atoms with Crippen molar-refractivity contribution in [2.75, 3.05) is 6.79 Å². The lowest BCUT2D eigenvalue weighted by Crippen LogP contribution is -1.93. The maximum atomic E-state index is 9.52. The molecule has 1 aliphatic heterocycles. The Morgan fingerprint density at radius 3 is 2.92 bits per heavy atom. The molecule has 70 valence electrons. The van der Waals surface area contributed by atoms with Gasteiger partial charge in [0.25, 0.3) is 0 Å². The normalized spacial score (nSPS) is 13.4. The lowest BCUT2D eigenvalue weighted by Gasteiger charge is -2.06. The summed E-state index contributed by atoms with van der Waals surface area (Å²) in [6, 6.07) is 1.56. The van der Waals surface area contributed by atoms with E-state index in [-0.39, 0.29) is 19.1 Å². The van der Waals surface area contributed by atoms with Crippen molar-refractivity contribution in [3.63, 3.8) is 0 Å². The maximum absolute atomic E-state index is 9.52. The van der Waals surface area contributed by atoms with Crippen molar-refractivity contribution in [1.82, 2.24) is 0 Å². The number of halogens is 1. The van der Waals surface area contributed by atoms with E-state index >= 15 is 0 Å². The zero-order chi connectivity index (χ0) is 9.42. The van der Waals surface area contributed by atoms with E-state index in [0.29, 0.717) is 21.5 Å². The van der Waals surface area contributed by atoms with Gasteiger partial charge >= 0.3 is 0 Å². The van der Waals surface area contributed by atoms with Crippen LogP contribution in [0.1, 0.15) is 5.56 Å². The first-order valence-corrected chi connectivity index (χ1v) is 4.44. The monoisotopic (exact) mass is 246 g/mol. The van der Waals surface area contributed by atoms with Gasteiger partial charge in [-0.15, -0.1) is 0 Å². The van der Waals surface area contributed by atoms with Crippen LogP contribution in [0.25, 0.3) is 0 Å². The predicted molar refractivity (Wildman–Crippen MR) is 47.9 cm³/mol. The first-order chi connectivity index (χ1) is 6.24. The van der Waals surface area contributed by atoms with Gasteiger partial charge in [0.15, 0.2) is 11.5 Å². The molecule has 4 nitrogen and oxygen atoms in total. The van der Waals surface area contributed by atoms with Crippen LogP contribution in [-0.4, -0.2) is 17.0 Å². The highest BCUT2D eigenvalue weighted by Gasteiger charge is 2.22. The molecule has 0 radical (unpaired) electrons. The highest BCUT2D eigenvalue weighted by molar-refractivity contribution is 9.10. The summed E-state index contributed by atoms with van der Waals surface area (Å²) in [5.74, 6) is 1.01. The van der Waals surface area contributed by atoms with Gasteiger partial charge < -0.3 is 19.7 Å². The Morgan fingerprint density at radius 1 is 1.46 bits per heavy atom. The number of aromatic hydroxyl groups is 1. The molecule has 0 saturated carbocycles. The first kappa shape index (κ1) is 8.65. The molecule has 0 atom stereocenters. The zero-order valence-electron chi connectivity index (χ0n) is 6.58. The van der Waals surface area contributed by atoms with E-state index in [4.69, 9.17) is 14.6 Å². The summed E-state index contributed by atoms with van der Waals surface area (Å²) in [5, 5.41) is 18.4. The van der Waals surface area contributed by atoms with Gasteiger partial charge in [0.2, 0.25) is 6.79 Å². The molecule has 13 heavy (non-hydrogen) atoms. The second kappa shape index (κ2) is 3.08. The fourth-order valence-electron chi connectivity index (χ4n) is 1.16. The van der Waals surface area contributed by atoms with Gasteiger partial charge in [-0.25, -0.2) is 0 Å². The Bertz CT molecular complexity index is 350. The van der Waals surface area contributed by atoms with Gasteiger partial charge in [0.05, 0.1) is 6.61 Å². The Morgan fingerprint density at radius 2 is 2.23 bits per heavy atom. The number of aliphatic hydroxyl groups is 1. The lowest BCUT2D eigenvalue weighted by molar-refractivity contribution is 0.173. The Hall–Kier alpha value is -0.940.